The van der Waals surface area contributed by atoms with Gasteiger partial charge in [0.15, 0.2) is 0 Å². The second-order valence-corrected chi connectivity index (χ2v) is 8.05. The molecule has 0 aliphatic rings. The Morgan fingerprint density at radius 3 is 2.41 bits per heavy atom. The van der Waals surface area contributed by atoms with Crippen LogP contribution in [0, 0.1) is 5.82 Å². The Morgan fingerprint density at radius 2 is 1.59 bits per heavy atom. The summed E-state index contributed by atoms with van der Waals surface area (Å²) >= 11 is 0. The molecule has 164 valence electrons. The number of imidazole rings is 1. The van der Waals surface area contributed by atoms with Gasteiger partial charge in [0.2, 0.25) is 5.91 Å². The molecule has 1 aromatic heterocycles. The molecule has 0 saturated carbocycles. The van der Waals surface area contributed by atoms with Crippen molar-refractivity contribution >= 4 is 16.9 Å². The van der Waals surface area contributed by atoms with Crippen LogP contribution in [0.2, 0.25) is 0 Å². The minimum absolute atomic E-state index is 0.0669. The lowest BCUT2D eigenvalue weighted by Gasteiger charge is -2.10. The molecule has 5 heteroatoms. The normalized spacial score (nSPS) is 11.0. The standard InChI is InChI=1S/C27H28FN3O/c28-23-16-14-22(15-17-23)20-31-25-12-7-6-11-24(25)30-26(31)13-5-2-8-18-29-27(32)19-21-9-3-1-4-10-21/h1,3-4,6-7,9-12,14-17H,2,5,8,13,18-20H2,(H,29,32). The number of rotatable bonds is 10. The quantitative estimate of drug-likeness (QED) is 0.348. The fraction of sp³-hybridized carbons (Fsp3) is 0.259. The maximum Gasteiger partial charge on any atom is 0.224 e. The van der Waals surface area contributed by atoms with Crippen LogP contribution in [0.25, 0.3) is 11.0 Å². The van der Waals surface area contributed by atoms with Gasteiger partial charge in [-0.2, -0.15) is 0 Å². The van der Waals surface area contributed by atoms with E-state index in [1.807, 2.05) is 60.7 Å². The van der Waals surface area contributed by atoms with Gasteiger partial charge in [-0.25, -0.2) is 9.37 Å². The summed E-state index contributed by atoms with van der Waals surface area (Å²) < 4.78 is 15.5. The van der Waals surface area contributed by atoms with Crippen LogP contribution in [0.3, 0.4) is 0 Å². The summed E-state index contributed by atoms with van der Waals surface area (Å²) in [5.74, 6) is 0.890. The van der Waals surface area contributed by atoms with Crippen molar-refractivity contribution in [2.75, 3.05) is 6.54 Å². The fourth-order valence-corrected chi connectivity index (χ4v) is 3.92. The SMILES string of the molecule is O=C(Cc1ccccc1)NCCCCCc1nc2ccccc2n1Cc1ccc(F)cc1. The summed E-state index contributed by atoms with van der Waals surface area (Å²) in [6.07, 6.45) is 4.26. The molecule has 0 bridgehead atoms. The molecule has 0 fully saturated rings. The largest absolute Gasteiger partial charge is 0.356 e. The number of aryl methyl sites for hydroxylation is 1. The van der Waals surface area contributed by atoms with Crippen LogP contribution in [0.15, 0.2) is 78.9 Å². The van der Waals surface area contributed by atoms with Crippen LogP contribution < -0.4 is 5.32 Å². The number of aromatic nitrogens is 2. The molecule has 0 aliphatic carbocycles. The van der Waals surface area contributed by atoms with Crippen LogP contribution in [-0.4, -0.2) is 22.0 Å². The highest BCUT2D eigenvalue weighted by atomic mass is 19.1. The number of hydrogen-bond acceptors (Lipinski definition) is 2. The highest BCUT2D eigenvalue weighted by Gasteiger charge is 2.11. The number of nitrogens with zero attached hydrogens (tertiary/aromatic N) is 2. The van der Waals surface area contributed by atoms with Crippen LogP contribution in [-0.2, 0) is 24.2 Å². The average Bonchev–Trinajstić information content (AvgIpc) is 3.15. The minimum atomic E-state index is -0.222. The molecule has 0 aliphatic heterocycles. The van der Waals surface area contributed by atoms with Crippen molar-refractivity contribution in [1.82, 2.24) is 14.9 Å². The van der Waals surface area contributed by atoms with Crippen molar-refractivity contribution in [3.63, 3.8) is 0 Å². The average molecular weight is 430 g/mol. The molecule has 0 saturated heterocycles. The van der Waals surface area contributed by atoms with Crippen molar-refractivity contribution in [3.05, 3.63) is 102 Å². The lowest BCUT2D eigenvalue weighted by molar-refractivity contribution is -0.120. The van der Waals surface area contributed by atoms with Gasteiger partial charge >= 0.3 is 0 Å². The second kappa shape index (κ2) is 10.7. The Labute approximate surface area is 188 Å². The Morgan fingerprint density at radius 1 is 0.844 bits per heavy atom. The first kappa shape index (κ1) is 21.8. The smallest absolute Gasteiger partial charge is 0.224 e. The molecule has 1 amide bonds. The van der Waals surface area contributed by atoms with Gasteiger partial charge in [0.25, 0.3) is 0 Å². The maximum atomic E-state index is 13.3. The summed E-state index contributed by atoms with van der Waals surface area (Å²) in [6, 6.07) is 24.6. The van der Waals surface area contributed by atoms with Crippen molar-refractivity contribution in [3.8, 4) is 0 Å². The number of carbonyl (C=O) groups is 1. The molecule has 32 heavy (non-hydrogen) atoms. The third kappa shape index (κ3) is 5.82. The van der Waals surface area contributed by atoms with E-state index in [-0.39, 0.29) is 11.7 Å². The predicted molar refractivity (Wildman–Crippen MR) is 126 cm³/mol. The molecule has 0 atom stereocenters. The van der Waals surface area contributed by atoms with E-state index in [2.05, 4.69) is 16.0 Å². The van der Waals surface area contributed by atoms with Gasteiger partial charge in [-0.3, -0.25) is 4.79 Å². The molecule has 4 nitrogen and oxygen atoms in total. The topological polar surface area (TPSA) is 46.9 Å². The molecule has 0 radical (unpaired) electrons. The number of halogens is 1. The van der Waals surface area contributed by atoms with Crippen LogP contribution in [0.5, 0.6) is 0 Å². The van der Waals surface area contributed by atoms with E-state index in [1.165, 1.54) is 12.1 Å². The third-order valence-electron chi connectivity index (χ3n) is 5.59. The number of carbonyl (C=O) groups excluding carboxylic acids is 1. The van der Waals surface area contributed by atoms with E-state index < -0.39 is 0 Å². The summed E-state index contributed by atoms with van der Waals surface area (Å²) in [5.41, 5.74) is 4.17. The molecule has 1 heterocycles. The molecule has 0 unspecified atom stereocenters. The Hall–Kier alpha value is -3.47. The first-order valence-electron chi connectivity index (χ1n) is 11.2. The first-order valence-corrected chi connectivity index (χ1v) is 11.2. The van der Waals surface area contributed by atoms with E-state index in [0.717, 1.165) is 53.7 Å². The third-order valence-corrected chi connectivity index (χ3v) is 5.59. The van der Waals surface area contributed by atoms with E-state index in [1.54, 1.807) is 0 Å². The van der Waals surface area contributed by atoms with E-state index >= 15 is 0 Å². The van der Waals surface area contributed by atoms with Gasteiger partial charge in [0, 0.05) is 19.5 Å². The van der Waals surface area contributed by atoms with Crippen molar-refractivity contribution in [2.45, 2.75) is 38.6 Å². The number of unbranched alkanes of at least 4 members (excludes halogenated alkanes) is 2. The minimum Gasteiger partial charge on any atom is -0.356 e. The van der Waals surface area contributed by atoms with E-state index in [0.29, 0.717) is 19.5 Å². The number of hydrogen-bond donors (Lipinski definition) is 1. The van der Waals surface area contributed by atoms with E-state index in [4.69, 9.17) is 4.98 Å². The first-order chi connectivity index (χ1) is 15.7. The molecule has 4 aromatic rings. The van der Waals surface area contributed by atoms with Crippen molar-refractivity contribution in [1.29, 1.82) is 0 Å². The lowest BCUT2D eigenvalue weighted by Crippen LogP contribution is -2.26. The summed E-state index contributed by atoms with van der Waals surface area (Å²) in [6.45, 7) is 1.36. The summed E-state index contributed by atoms with van der Waals surface area (Å²) in [5, 5.41) is 3.01. The highest BCUT2D eigenvalue weighted by molar-refractivity contribution is 5.78. The molecular weight excluding hydrogens is 401 g/mol. The maximum absolute atomic E-state index is 13.3. The van der Waals surface area contributed by atoms with Gasteiger partial charge in [0.05, 0.1) is 17.5 Å². The van der Waals surface area contributed by atoms with Crippen LogP contribution in [0.4, 0.5) is 4.39 Å². The monoisotopic (exact) mass is 429 g/mol. The fourth-order valence-electron chi connectivity index (χ4n) is 3.92. The zero-order valence-corrected chi connectivity index (χ0v) is 18.1. The van der Waals surface area contributed by atoms with Crippen LogP contribution >= 0.6 is 0 Å². The Balaban J connectivity index is 1.28. The highest BCUT2D eigenvalue weighted by Crippen LogP contribution is 2.20. The molecule has 0 spiro atoms. The van der Waals surface area contributed by atoms with Gasteiger partial charge < -0.3 is 9.88 Å². The van der Waals surface area contributed by atoms with Crippen LogP contribution in [0.1, 0.15) is 36.2 Å². The molecule has 4 rings (SSSR count). The van der Waals surface area contributed by atoms with Gasteiger partial charge in [-0.15, -0.1) is 0 Å². The number of benzene rings is 3. The number of fused-ring (bicyclic) bond motifs is 1. The lowest BCUT2D eigenvalue weighted by atomic mass is 10.1. The second-order valence-electron chi connectivity index (χ2n) is 8.05. The van der Waals surface area contributed by atoms with Crippen molar-refractivity contribution < 1.29 is 9.18 Å². The van der Waals surface area contributed by atoms with E-state index in [9.17, 15) is 9.18 Å². The summed E-state index contributed by atoms with van der Waals surface area (Å²) in [7, 11) is 0. The molecule has 3 aromatic carbocycles. The number of nitrogens with one attached hydrogen (secondary N) is 1. The summed E-state index contributed by atoms with van der Waals surface area (Å²) in [4.78, 5) is 16.9. The Kier molecular flexibility index (Phi) is 7.28. The van der Waals surface area contributed by atoms with Crippen molar-refractivity contribution in [2.24, 2.45) is 0 Å². The molecular formula is C27H28FN3O. The van der Waals surface area contributed by atoms with Gasteiger partial charge in [-0.05, 0) is 48.2 Å². The Bertz CT molecular complexity index is 1150. The van der Waals surface area contributed by atoms with Gasteiger partial charge in [-0.1, -0.05) is 61.0 Å². The molecule has 1 N–H and O–H groups in total. The van der Waals surface area contributed by atoms with Gasteiger partial charge in [0.1, 0.15) is 11.6 Å². The number of para-hydroxylation sites is 2. The zero-order chi connectivity index (χ0) is 22.2. The number of amides is 1. The predicted octanol–water partition coefficient (Wildman–Crippen LogP) is 5.30. The zero-order valence-electron chi connectivity index (χ0n) is 18.1.